The zero-order chi connectivity index (χ0) is 11.2. The molecule has 0 radical (unpaired) electrons. The van der Waals surface area contributed by atoms with Crippen molar-refractivity contribution >= 4 is 5.97 Å². The van der Waals surface area contributed by atoms with Gasteiger partial charge in [-0.05, 0) is 12.8 Å². The fourth-order valence-corrected chi connectivity index (χ4v) is 0.920. The van der Waals surface area contributed by atoms with E-state index in [1.165, 1.54) is 6.92 Å². The van der Waals surface area contributed by atoms with Gasteiger partial charge in [0.25, 0.3) is 0 Å². The summed E-state index contributed by atoms with van der Waals surface area (Å²) in [6, 6.07) is 0. The molecule has 0 aromatic rings. The van der Waals surface area contributed by atoms with Crippen LogP contribution in [0.25, 0.3) is 0 Å². The maximum atomic E-state index is 12.1. The van der Waals surface area contributed by atoms with Crippen LogP contribution in [0, 0.1) is 0 Å². The van der Waals surface area contributed by atoms with Gasteiger partial charge in [-0.15, -0.1) is 0 Å². The third kappa shape index (κ3) is 5.09. The summed E-state index contributed by atoms with van der Waals surface area (Å²) in [4.78, 5) is 10.9. The molecule has 0 N–H and O–H groups in total. The standard InChI is InChI=1S/C9H15F3O2/c1-3-5-6-8(13)14-7(4-2)9(10,11)12/h7H,3-6H2,1-2H3. The van der Waals surface area contributed by atoms with E-state index in [0.29, 0.717) is 6.42 Å². The molecule has 0 aliphatic carbocycles. The summed E-state index contributed by atoms with van der Waals surface area (Å²) in [5.41, 5.74) is 0. The fraction of sp³-hybridized carbons (Fsp3) is 0.889. The van der Waals surface area contributed by atoms with Crippen molar-refractivity contribution in [3.05, 3.63) is 0 Å². The van der Waals surface area contributed by atoms with E-state index in [9.17, 15) is 18.0 Å². The number of carbonyl (C=O) groups is 1. The monoisotopic (exact) mass is 212 g/mol. The molecule has 1 atom stereocenters. The lowest BCUT2D eigenvalue weighted by Gasteiger charge is -2.18. The fourth-order valence-electron chi connectivity index (χ4n) is 0.920. The van der Waals surface area contributed by atoms with Crippen LogP contribution < -0.4 is 0 Å². The molecule has 0 aliphatic rings. The second-order valence-electron chi connectivity index (χ2n) is 3.03. The lowest BCUT2D eigenvalue weighted by atomic mass is 10.2. The first-order valence-corrected chi connectivity index (χ1v) is 4.68. The zero-order valence-electron chi connectivity index (χ0n) is 8.36. The predicted molar refractivity (Wildman–Crippen MR) is 45.8 cm³/mol. The van der Waals surface area contributed by atoms with Gasteiger partial charge in [-0.2, -0.15) is 13.2 Å². The number of alkyl halides is 3. The van der Waals surface area contributed by atoms with E-state index in [2.05, 4.69) is 4.74 Å². The van der Waals surface area contributed by atoms with Crippen molar-refractivity contribution < 1.29 is 22.7 Å². The highest BCUT2D eigenvalue weighted by atomic mass is 19.4. The molecule has 0 rings (SSSR count). The van der Waals surface area contributed by atoms with Crippen molar-refractivity contribution in [2.24, 2.45) is 0 Å². The van der Waals surface area contributed by atoms with Gasteiger partial charge >= 0.3 is 12.1 Å². The lowest BCUT2D eigenvalue weighted by Crippen LogP contribution is -2.33. The third-order valence-corrected chi connectivity index (χ3v) is 1.74. The number of rotatable bonds is 5. The summed E-state index contributed by atoms with van der Waals surface area (Å²) in [6.45, 7) is 3.19. The smallest absolute Gasteiger partial charge is 0.425 e. The van der Waals surface area contributed by atoms with Crippen molar-refractivity contribution in [1.82, 2.24) is 0 Å². The molecule has 0 heterocycles. The summed E-state index contributed by atoms with van der Waals surface area (Å²) in [5, 5.41) is 0. The van der Waals surface area contributed by atoms with E-state index < -0.39 is 18.2 Å². The van der Waals surface area contributed by atoms with Crippen molar-refractivity contribution in [3.8, 4) is 0 Å². The molecule has 5 heteroatoms. The quantitative estimate of drug-likeness (QED) is 0.654. The molecule has 14 heavy (non-hydrogen) atoms. The molecule has 0 aliphatic heterocycles. The van der Waals surface area contributed by atoms with E-state index in [0.717, 1.165) is 6.42 Å². The average molecular weight is 212 g/mol. The Morgan fingerprint density at radius 2 is 1.93 bits per heavy atom. The maximum Gasteiger partial charge on any atom is 0.425 e. The molecule has 0 amide bonds. The van der Waals surface area contributed by atoms with Crippen LogP contribution in [-0.2, 0) is 9.53 Å². The van der Waals surface area contributed by atoms with Gasteiger partial charge in [-0.1, -0.05) is 20.3 Å². The van der Waals surface area contributed by atoms with Crippen molar-refractivity contribution in [2.45, 2.75) is 51.8 Å². The van der Waals surface area contributed by atoms with Gasteiger partial charge in [-0.3, -0.25) is 4.79 Å². The molecular formula is C9H15F3O2. The number of unbranched alkanes of at least 4 members (excludes halogenated alkanes) is 1. The molecule has 1 unspecified atom stereocenters. The Morgan fingerprint density at radius 3 is 2.29 bits per heavy atom. The molecular weight excluding hydrogens is 197 g/mol. The minimum absolute atomic E-state index is 0.0586. The summed E-state index contributed by atoms with van der Waals surface area (Å²) in [6.07, 6.45) is -5.25. The molecule has 0 aromatic carbocycles. The van der Waals surface area contributed by atoms with Crippen LogP contribution in [0.2, 0.25) is 0 Å². The van der Waals surface area contributed by atoms with E-state index >= 15 is 0 Å². The first-order chi connectivity index (χ1) is 6.41. The second-order valence-corrected chi connectivity index (χ2v) is 3.03. The van der Waals surface area contributed by atoms with Crippen LogP contribution in [-0.4, -0.2) is 18.2 Å². The van der Waals surface area contributed by atoms with Gasteiger partial charge in [0.1, 0.15) is 0 Å². The highest BCUT2D eigenvalue weighted by molar-refractivity contribution is 5.69. The van der Waals surface area contributed by atoms with Crippen LogP contribution in [0.3, 0.4) is 0 Å². The van der Waals surface area contributed by atoms with E-state index in [4.69, 9.17) is 0 Å². The maximum absolute atomic E-state index is 12.1. The van der Waals surface area contributed by atoms with Gasteiger partial charge in [0.2, 0.25) is 0 Å². The average Bonchev–Trinajstić information content (AvgIpc) is 2.08. The minimum Gasteiger partial charge on any atom is -0.453 e. The molecule has 0 saturated carbocycles. The van der Waals surface area contributed by atoms with Crippen LogP contribution >= 0.6 is 0 Å². The number of halogens is 3. The molecule has 0 spiro atoms. The number of hydrogen-bond acceptors (Lipinski definition) is 2. The van der Waals surface area contributed by atoms with Crippen LogP contribution in [0.4, 0.5) is 13.2 Å². The Kier molecular flexibility index (Phi) is 5.57. The highest BCUT2D eigenvalue weighted by Crippen LogP contribution is 2.25. The van der Waals surface area contributed by atoms with E-state index in [1.54, 1.807) is 0 Å². The lowest BCUT2D eigenvalue weighted by molar-refractivity contribution is -0.221. The van der Waals surface area contributed by atoms with Gasteiger partial charge in [-0.25, -0.2) is 0 Å². The summed E-state index contributed by atoms with van der Waals surface area (Å²) < 4.78 is 40.7. The molecule has 0 saturated heterocycles. The normalized spacial score (nSPS) is 13.8. The molecule has 2 nitrogen and oxygen atoms in total. The Bertz CT molecular complexity index is 177. The van der Waals surface area contributed by atoms with Gasteiger partial charge in [0, 0.05) is 6.42 Å². The van der Waals surface area contributed by atoms with E-state index in [-0.39, 0.29) is 12.8 Å². The van der Waals surface area contributed by atoms with Crippen molar-refractivity contribution in [2.75, 3.05) is 0 Å². The summed E-state index contributed by atoms with van der Waals surface area (Å²) in [7, 11) is 0. The van der Waals surface area contributed by atoms with E-state index in [1.807, 2.05) is 6.92 Å². The van der Waals surface area contributed by atoms with Crippen LogP contribution in [0.5, 0.6) is 0 Å². The largest absolute Gasteiger partial charge is 0.453 e. The van der Waals surface area contributed by atoms with Crippen molar-refractivity contribution in [3.63, 3.8) is 0 Å². The Balaban J connectivity index is 4.00. The Morgan fingerprint density at radius 1 is 1.36 bits per heavy atom. The molecule has 0 bridgehead atoms. The van der Waals surface area contributed by atoms with Gasteiger partial charge in [0.15, 0.2) is 6.10 Å². The SMILES string of the molecule is CCCCC(=O)OC(CC)C(F)(F)F. The Labute approximate surface area is 81.4 Å². The van der Waals surface area contributed by atoms with Gasteiger partial charge < -0.3 is 4.74 Å². The first kappa shape index (κ1) is 13.3. The number of ether oxygens (including phenoxy) is 1. The van der Waals surface area contributed by atoms with Crippen LogP contribution in [0.15, 0.2) is 0 Å². The molecule has 0 aromatic heterocycles. The summed E-state index contributed by atoms with van der Waals surface area (Å²) in [5.74, 6) is -0.768. The predicted octanol–water partition coefficient (Wildman–Crippen LogP) is 3.06. The topological polar surface area (TPSA) is 26.3 Å². The first-order valence-electron chi connectivity index (χ1n) is 4.68. The van der Waals surface area contributed by atoms with Gasteiger partial charge in [0.05, 0.1) is 0 Å². The summed E-state index contributed by atoms with van der Waals surface area (Å²) >= 11 is 0. The zero-order valence-corrected chi connectivity index (χ0v) is 8.36. The second kappa shape index (κ2) is 5.88. The third-order valence-electron chi connectivity index (χ3n) is 1.74. The Hall–Kier alpha value is -0.740. The minimum atomic E-state index is -4.45. The van der Waals surface area contributed by atoms with Crippen molar-refractivity contribution in [1.29, 1.82) is 0 Å². The number of hydrogen-bond donors (Lipinski definition) is 0. The van der Waals surface area contributed by atoms with Crippen LogP contribution in [0.1, 0.15) is 39.5 Å². The number of carbonyl (C=O) groups excluding carboxylic acids is 1. The molecule has 0 fully saturated rings. The number of esters is 1. The molecule has 84 valence electrons. The highest BCUT2D eigenvalue weighted by Gasteiger charge is 2.41.